The lowest BCUT2D eigenvalue weighted by Crippen LogP contribution is -2.44. The number of nitriles is 1. The molecule has 0 radical (unpaired) electrons. The van der Waals surface area contributed by atoms with Gasteiger partial charge < -0.3 is 10.6 Å². The third kappa shape index (κ3) is 5.73. The summed E-state index contributed by atoms with van der Waals surface area (Å²) in [6, 6.07) is 15.5. The van der Waals surface area contributed by atoms with E-state index >= 15 is 0 Å². The molecule has 5 heteroatoms. The van der Waals surface area contributed by atoms with Crippen LogP contribution in [0, 0.1) is 17.1 Å². The molecule has 0 aliphatic carbocycles. The van der Waals surface area contributed by atoms with Gasteiger partial charge in [-0.2, -0.15) is 5.26 Å². The number of guanidine groups is 1. The van der Waals surface area contributed by atoms with Crippen LogP contribution in [0.5, 0.6) is 0 Å². The second-order valence-electron chi connectivity index (χ2n) is 6.48. The Balaban J connectivity index is 2.15. The molecule has 2 aromatic rings. The minimum Gasteiger partial charge on any atom is -0.352 e. The zero-order valence-electron chi connectivity index (χ0n) is 14.1. The molecule has 0 fully saturated rings. The molecular formula is C19H21FN4. The summed E-state index contributed by atoms with van der Waals surface area (Å²) in [5.41, 5.74) is 2.20. The molecule has 0 bridgehead atoms. The molecule has 2 aromatic carbocycles. The predicted molar refractivity (Wildman–Crippen MR) is 95.2 cm³/mol. The van der Waals surface area contributed by atoms with Crippen molar-refractivity contribution in [1.82, 2.24) is 5.32 Å². The van der Waals surface area contributed by atoms with Crippen LogP contribution in [0.15, 0.2) is 53.5 Å². The van der Waals surface area contributed by atoms with Crippen molar-refractivity contribution in [2.24, 2.45) is 4.99 Å². The van der Waals surface area contributed by atoms with Gasteiger partial charge in [-0.05, 0) is 62.7 Å². The first-order valence-corrected chi connectivity index (χ1v) is 7.70. The van der Waals surface area contributed by atoms with Crippen LogP contribution in [-0.4, -0.2) is 11.5 Å². The van der Waals surface area contributed by atoms with Gasteiger partial charge in [0, 0.05) is 11.2 Å². The zero-order valence-corrected chi connectivity index (χ0v) is 14.1. The van der Waals surface area contributed by atoms with Gasteiger partial charge >= 0.3 is 0 Å². The lowest BCUT2D eigenvalue weighted by atomic mass is 10.1. The number of rotatable bonds is 3. The standard InChI is InChI=1S/C19H21FN4/c1-19(2,3)24-18(22-13-15-4-8-16(20)9-5-15)23-17-10-6-14(12-21)7-11-17/h4-11H,13H2,1-3H3,(H2,22,23,24). The number of nitrogens with zero attached hydrogens (tertiary/aromatic N) is 2. The van der Waals surface area contributed by atoms with Crippen LogP contribution in [0.2, 0.25) is 0 Å². The van der Waals surface area contributed by atoms with Gasteiger partial charge in [0.1, 0.15) is 5.82 Å². The molecule has 0 spiro atoms. The lowest BCUT2D eigenvalue weighted by molar-refractivity contribution is 0.510. The van der Waals surface area contributed by atoms with Gasteiger partial charge in [0.25, 0.3) is 0 Å². The fourth-order valence-electron chi connectivity index (χ4n) is 1.99. The van der Waals surface area contributed by atoms with Crippen LogP contribution < -0.4 is 10.6 Å². The van der Waals surface area contributed by atoms with E-state index < -0.39 is 0 Å². The zero-order chi connectivity index (χ0) is 17.6. The van der Waals surface area contributed by atoms with Gasteiger partial charge in [0.2, 0.25) is 0 Å². The van der Waals surface area contributed by atoms with E-state index in [2.05, 4.69) is 21.7 Å². The molecule has 0 saturated heterocycles. The summed E-state index contributed by atoms with van der Waals surface area (Å²) in [6.45, 7) is 6.56. The maximum atomic E-state index is 13.0. The number of hydrogen-bond donors (Lipinski definition) is 2. The summed E-state index contributed by atoms with van der Waals surface area (Å²) in [5, 5.41) is 15.4. The Bertz CT molecular complexity index is 735. The third-order valence-electron chi connectivity index (χ3n) is 3.10. The van der Waals surface area contributed by atoms with Crippen LogP contribution in [0.1, 0.15) is 31.9 Å². The van der Waals surface area contributed by atoms with E-state index in [4.69, 9.17) is 5.26 Å². The topological polar surface area (TPSA) is 60.2 Å². The van der Waals surface area contributed by atoms with Gasteiger partial charge in [-0.15, -0.1) is 0 Å². The first-order valence-electron chi connectivity index (χ1n) is 7.70. The average Bonchev–Trinajstić information content (AvgIpc) is 2.53. The van der Waals surface area contributed by atoms with Crippen molar-refractivity contribution in [1.29, 1.82) is 5.26 Å². The SMILES string of the molecule is CC(C)(C)NC(=NCc1ccc(F)cc1)Nc1ccc(C#N)cc1. The number of nitrogens with one attached hydrogen (secondary N) is 2. The molecule has 0 amide bonds. The van der Waals surface area contributed by atoms with Crippen molar-refractivity contribution in [3.8, 4) is 6.07 Å². The fourth-order valence-corrected chi connectivity index (χ4v) is 1.99. The van der Waals surface area contributed by atoms with Crippen molar-refractivity contribution in [2.75, 3.05) is 5.32 Å². The molecule has 0 unspecified atom stereocenters. The van der Waals surface area contributed by atoms with Gasteiger partial charge in [-0.25, -0.2) is 9.38 Å². The molecule has 2 rings (SSSR count). The Morgan fingerprint density at radius 3 is 2.25 bits per heavy atom. The van der Waals surface area contributed by atoms with Gasteiger partial charge in [-0.1, -0.05) is 12.1 Å². The quantitative estimate of drug-likeness (QED) is 0.661. The highest BCUT2D eigenvalue weighted by atomic mass is 19.1. The molecule has 124 valence electrons. The van der Waals surface area contributed by atoms with Crippen LogP contribution in [0.3, 0.4) is 0 Å². The molecule has 0 atom stereocenters. The molecule has 0 aliphatic rings. The number of hydrogen-bond acceptors (Lipinski definition) is 2. The highest BCUT2D eigenvalue weighted by Crippen LogP contribution is 2.10. The number of benzene rings is 2. The van der Waals surface area contributed by atoms with Crippen molar-refractivity contribution in [3.05, 3.63) is 65.5 Å². The summed E-state index contributed by atoms with van der Waals surface area (Å²) in [5.74, 6) is 0.364. The first kappa shape index (κ1) is 17.5. The summed E-state index contributed by atoms with van der Waals surface area (Å²) < 4.78 is 13.0. The van der Waals surface area contributed by atoms with Crippen LogP contribution in [0.25, 0.3) is 0 Å². The van der Waals surface area contributed by atoms with Crippen LogP contribution >= 0.6 is 0 Å². The van der Waals surface area contributed by atoms with Gasteiger partial charge in [0.15, 0.2) is 5.96 Å². The fraction of sp³-hybridized carbons (Fsp3) is 0.263. The Morgan fingerprint density at radius 1 is 1.08 bits per heavy atom. The predicted octanol–water partition coefficient (Wildman–Crippen LogP) is 4.05. The lowest BCUT2D eigenvalue weighted by Gasteiger charge is -2.24. The van der Waals surface area contributed by atoms with Gasteiger partial charge in [-0.3, -0.25) is 0 Å². The Morgan fingerprint density at radius 2 is 1.71 bits per heavy atom. The van der Waals surface area contributed by atoms with Crippen LogP contribution in [0.4, 0.5) is 10.1 Å². The second-order valence-corrected chi connectivity index (χ2v) is 6.48. The minimum atomic E-state index is -0.258. The Kier molecular flexibility index (Phi) is 5.54. The minimum absolute atomic E-state index is 0.165. The van der Waals surface area contributed by atoms with Crippen molar-refractivity contribution in [2.45, 2.75) is 32.9 Å². The van der Waals surface area contributed by atoms with Crippen LogP contribution in [-0.2, 0) is 6.54 Å². The molecular weight excluding hydrogens is 303 g/mol. The first-order chi connectivity index (χ1) is 11.4. The Labute approximate surface area is 142 Å². The molecule has 0 saturated carbocycles. The molecule has 24 heavy (non-hydrogen) atoms. The number of anilines is 1. The molecule has 0 aromatic heterocycles. The van der Waals surface area contributed by atoms with Gasteiger partial charge in [0.05, 0.1) is 18.2 Å². The van der Waals surface area contributed by atoms with E-state index in [1.165, 1.54) is 12.1 Å². The summed E-state index contributed by atoms with van der Waals surface area (Å²) in [7, 11) is 0. The smallest absolute Gasteiger partial charge is 0.196 e. The summed E-state index contributed by atoms with van der Waals surface area (Å²) >= 11 is 0. The maximum absolute atomic E-state index is 13.0. The largest absolute Gasteiger partial charge is 0.352 e. The molecule has 0 aliphatic heterocycles. The third-order valence-corrected chi connectivity index (χ3v) is 3.10. The normalized spacial score (nSPS) is 11.7. The Hall–Kier alpha value is -2.87. The number of halogens is 1. The number of aliphatic imine (C=N–C) groups is 1. The average molecular weight is 324 g/mol. The van der Waals surface area contributed by atoms with E-state index in [1.54, 1.807) is 24.3 Å². The summed E-state index contributed by atoms with van der Waals surface area (Å²) in [4.78, 5) is 4.55. The van der Waals surface area contributed by atoms with Crippen molar-refractivity contribution >= 4 is 11.6 Å². The van der Waals surface area contributed by atoms with Crippen molar-refractivity contribution in [3.63, 3.8) is 0 Å². The molecule has 0 heterocycles. The van der Waals surface area contributed by atoms with Crippen molar-refractivity contribution < 1.29 is 4.39 Å². The highest BCUT2D eigenvalue weighted by Gasteiger charge is 2.12. The van der Waals surface area contributed by atoms with E-state index in [0.717, 1.165) is 11.3 Å². The van der Waals surface area contributed by atoms with E-state index in [-0.39, 0.29) is 11.4 Å². The van der Waals surface area contributed by atoms with E-state index in [9.17, 15) is 4.39 Å². The monoisotopic (exact) mass is 324 g/mol. The maximum Gasteiger partial charge on any atom is 0.196 e. The van der Waals surface area contributed by atoms with E-state index in [0.29, 0.717) is 18.1 Å². The summed E-state index contributed by atoms with van der Waals surface area (Å²) in [6.07, 6.45) is 0. The highest BCUT2D eigenvalue weighted by molar-refractivity contribution is 5.94. The molecule has 2 N–H and O–H groups in total. The van der Waals surface area contributed by atoms with E-state index in [1.807, 2.05) is 32.9 Å². The second kappa shape index (κ2) is 7.60. The molecule has 4 nitrogen and oxygen atoms in total.